The molecule has 110 valence electrons. The third-order valence-corrected chi connectivity index (χ3v) is 3.95. The van der Waals surface area contributed by atoms with Crippen molar-refractivity contribution in [2.24, 2.45) is 11.7 Å². The SMILES string of the molecule is CC(Oc1cccc(Cl)c1)C(=O)N1CCC(CN)CC1. The number of halogens is 1. The number of nitrogens with zero attached hydrogens (tertiary/aromatic N) is 1. The van der Waals surface area contributed by atoms with E-state index in [4.69, 9.17) is 22.1 Å². The second kappa shape index (κ2) is 6.95. The summed E-state index contributed by atoms with van der Waals surface area (Å²) in [6, 6.07) is 7.10. The van der Waals surface area contributed by atoms with Crippen molar-refractivity contribution in [3.8, 4) is 5.75 Å². The fraction of sp³-hybridized carbons (Fsp3) is 0.533. The smallest absolute Gasteiger partial charge is 0.263 e. The first kappa shape index (κ1) is 15.1. The van der Waals surface area contributed by atoms with Gasteiger partial charge in [-0.2, -0.15) is 0 Å². The number of carbonyl (C=O) groups is 1. The van der Waals surface area contributed by atoms with Gasteiger partial charge in [-0.15, -0.1) is 0 Å². The van der Waals surface area contributed by atoms with Gasteiger partial charge in [0.1, 0.15) is 5.75 Å². The molecule has 4 nitrogen and oxygen atoms in total. The highest BCUT2D eigenvalue weighted by Gasteiger charge is 2.26. The molecule has 1 atom stereocenters. The van der Waals surface area contributed by atoms with Crippen LogP contribution in [0.4, 0.5) is 0 Å². The highest BCUT2D eigenvalue weighted by atomic mass is 35.5. The number of amides is 1. The van der Waals surface area contributed by atoms with E-state index in [1.807, 2.05) is 11.0 Å². The van der Waals surface area contributed by atoms with Gasteiger partial charge in [0, 0.05) is 18.1 Å². The van der Waals surface area contributed by atoms with Crippen LogP contribution in [0, 0.1) is 5.92 Å². The topological polar surface area (TPSA) is 55.6 Å². The quantitative estimate of drug-likeness (QED) is 0.927. The fourth-order valence-corrected chi connectivity index (χ4v) is 2.62. The van der Waals surface area contributed by atoms with Crippen LogP contribution in [-0.4, -0.2) is 36.5 Å². The molecule has 20 heavy (non-hydrogen) atoms. The molecule has 1 fully saturated rings. The summed E-state index contributed by atoms with van der Waals surface area (Å²) in [5.74, 6) is 1.19. The molecule has 1 aliphatic heterocycles. The van der Waals surface area contributed by atoms with E-state index in [1.165, 1.54) is 0 Å². The summed E-state index contributed by atoms with van der Waals surface area (Å²) in [6.45, 7) is 4.02. The Morgan fingerprint density at radius 2 is 2.20 bits per heavy atom. The molecule has 2 N–H and O–H groups in total. The molecule has 0 aromatic heterocycles. The number of piperidine rings is 1. The van der Waals surface area contributed by atoms with E-state index in [1.54, 1.807) is 25.1 Å². The van der Waals surface area contributed by atoms with E-state index < -0.39 is 6.10 Å². The van der Waals surface area contributed by atoms with Gasteiger partial charge in [0.25, 0.3) is 5.91 Å². The second-order valence-corrected chi connectivity index (χ2v) is 5.66. The van der Waals surface area contributed by atoms with Crippen LogP contribution in [0.3, 0.4) is 0 Å². The predicted octanol–water partition coefficient (Wildman–Crippen LogP) is 2.30. The third kappa shape index (κ3) is 3.87. The molecule has 1 aromatic carbocycles. The number of benzene rings is 1. The molecular formula is C15H21ClN2O2. The number of likely N-dealkylation sites (tertiary alicyclic amines) is 1. The van der Waals surface area contributed by atoms with Crippen LogP contribution in [0.2, 0.25) is 5.02 Å². The molecule has 1 aliphatic rings. The van der Waals surface area contributed by atoms with Crippen LogP contribution in [0.25, 0.3) is 0 Å². The van der Waals surface area contributed by atoms with Crippen LogP contribution < -0.4 is 10.5 Å². The molecule has 0 saturated carbocycles. The molecule has 0 spiro atoms. The maximum Gasteiger partial charge on any atom is 0.263 e. The molecule has 1 saturated heterocycles. The van der Waals surface area contributed by atoms with Crippen molar-refractivity contribution in [2.75, 3.05) is 19.6 Å². The van der Waals surface area contributed by atoms with Crippen molar-refractivity contribution in [3.63, 3.8) is 0 Å². The van der Waals surface area contributed by atoms with Crippen molar-refractivity contribution < 1.29 is 9.53 Å². The summed E-state index contributed by atoms with van der Waals surface area (Å²) in [7, 11) is 0. The van der Waals surface area contributed by atoms with Crippen molar-refractivity contribution in [1.82, 2.24) is 4.90 Å². The first-order chi connectivity index (χ1) is 9.60. The first-order valence-corrected chi connectivity index (χ1v) is 7.39. The Hall–Kier alpha value is -1.26. The molecule has 0 bridgehead atoms. The number of nitrogens with two attached hydrogens (primary N) is 1. The van der Waals surface area contributed by atoms with E-state index in [9.17, 15) is 4.79 Å². The first-order valence-electron chi connectivity index (χ1n) is 7.01. The molecule has 0 radical (unpaired) electrons. The molecule has 1 aromatic rings. The largest absolute Gasteiger partial charge is 0.481 e. The highest BCUT2D eigenvalue weighted by molar-refractivity contribution is 6.30. The predicted molar refractivity (Wildman–Crippen MR) is 79.9 cm³/mol. The summed E-state index contributed by atoms with van der Waals surface area (Å²) < 4.78 is 5.66. The Morgan fingerprint density at radius 1 is 1.50 bits per heavy atom. The second-order valence-electron chi connectivity index (χ2n) is 5.22. The maximum absolute atomic E-state index is 12.3. The number of hydrogen-bond donors (Lipinski definition) is 1. The van der Waals surface area contributed by atoms with Gasteiger partial charge in [-0.3, -0.25) is 4.79 Å². The minimum absolute atomic E-state index is 0.0282. The van der Waals surface area contributed by atoms with Gasteiger partial charge >= 0.3 is 0 Å². The maximum atomic E-state index is 12.3. The zero-order valence-corrected chi connectivity index (χ0v) is 12.5. The van der Waals surface area contributed by atoms with Crippen molar-refractivity contribution in [3.05, 3.63) is 29.3 Å². The average Bonchev–Trinajstić information content (AvgIpc) is 2.46. The monoisotopic (exact) mass is 296 g/mol. The van der Waals surface area contributed by atoms with Gasteiger partial charge in [-0.25, -0.2) is 0 Å². The van der Waals surface area contributed by atoms with E-state index in [2.05, 4.69) is 0 Å². The van der Waals surface area contributed by atoms with Crippen LogP contribution in [0.1, 0.15) is 19.8 Å². The van der Waals surface area contributed by atoms with Gasteiger partial charge in [-0.05, 0) is 50.4 Å². The Labute approximate surface area is 124 Å². The van der Waals surface area contributed by atoms with Crippen LogP contribution in [0.15, 0.2) is 24.3 Å². The Kier molecular flexibility index (Phi) is 5.26. The minimum atomic E-state index is -0.497. The Balaban J connectivity index is 1.89. The molecule has 1 amide bonds. The lowest BCUT2D eigenvalue weighted by molar-refractivity contribution is -0.139. The lowest BCUT2D eigenvalue weighted by atomic mass is 9.97. The lowest BCUT2D eigenvalue weighted by Crippen LogP contribution is -2.45. The molecule has 5 heteroatoms. The van der Waals surface area contributed by atoms with E-state index in [0.29, 0.717) is 23.2 Å². The van der Waals surface area contributed by atoms with Crippen molar-refractivity contribution in [1.29, 1.82) is 0 Å². The van der Waals surface area contributed by atoms with Gasteiger partial charge in [0.15, 0.2) is 6.10 Å². The Morgan fingerprint density at radius 3 is 2.80 bits per heavy atom. The minimum Gasteiger partial charge on any atom is -0.481 e. The summed E-state index contributed by atoms with van der Waals surface area (Å²) in [5.41, 5.74) is 5.66. The number of rotatable bonds is 4. The van der Waals surface area contributed by atoms with Gasteiger partial charge in [0.2, 0.25) is 0 Å². The highest BCUT2D eigenvalue weighted by Crippen LogP contribution is 2.20. The average molecular weight is 297 g/mol. The van der Waals surface area contributed by atoms with Crippen LogP contribution >= 0.6 is 11.6 Å². The number of carbonyl (C=O) groups excluding carboxylic acids is 1. The molecule has 1 heterocycles. The summed E-state index contributed by atoms with van der Waals surface area (Å²) in [6.07, 6.45) is 1.46. The Bertz CT molecular complexity index is 459. The fourth-order valence-electron chi connectivity index (χ4n) is 2.44. The van der Waals surface area contributed by atoms with Crippen molar-refractivity contribution in [2.45, 2.75) is 25.9 Å². The van der Waals surface area contributed by atoms with Gasteiger partial charge < -0.3 is 15.4 Å². The third-order valence-electron chi connectivity index (χ3n) is 3.72. The summed E-state index contributed by atoms with van der Waals surface area (Å²) in [4.78, 5) is 14.2. The number of hydrogen-bond acceptors (Lipinski definition) is 3. The van der Waals surface area contributed by atoms with E-state index in [0.717, 1.165) is 25.9 Å². The molecular weight excluding hydrogens is 276 g/mol. The zero-order chi connectivity index (χ0) is 14.5. The molecule has 0 aliphatic carbocycles. The van der Waals surface area contributed by atoms with Crippen LogP contribution in [0.5, 0.6) is 5.75 Å². The summed E-state index contributed by atoms with van der Waals surface area (Å²) >= 11 is 5.90. The van der Waals surface area contributed by atoms with Gasteiger partial charge in [0.05, 0.1) is 0 Å². The lowest BCUT2D eigenvalue weighted by Gasteiger charge is -2.33. The summed E-state index contributed by atoms with van der Waals surface area (Å²) in [5, 5.41) is 0.603. The number of ether oxygens (including phenoxy) is 1. The normalized spacial score (nSPS) is 17.9. The molecule has 2 rings (SSSR count). The van der Waals surface area contributed by atoms with Gasteiger partial charge in [-0.1, -0.05) is 17.7 Å². The van der Waals surface area contributed by atoms with Crippen molar-refractivity contribution >= 4 is 17.5 Å². The van der Waals surface area contributed by atoms with Crippen LogP contribution in [-0.2, 0) is 4.79 Å². The zero-order valence-electron chi connectivity index (χ0n) is 11.7. The standard InChI is InChI=1S/C15H21ClN2O2/c1-11(20-14-4-2-3-13(16)9-14)15(19)18-7-5-12(10-17)6-8-18/h2-4,9,11-12H,5-8,10,17H2,1H3. The van der Waals surface area contributed by atoms with E-state index >= 15 is 0 Å². The molecule has 1 unspecified atom stereocenters. The van der Waals surface area contributed by atoms with E-state index in [-0.39, 0.29) is 5.91 Å².